The fourth-order valence-corrected chi connectivity index (χ4v) is 4.61. The summed E-state index contributed by atoms with van der Waals surface area (Å²) in [7, 11) is 0. The van der Waals surface area contributed by atoms with Crippen LogP contribution >= 0.6 is 15.9 Å². The van der Waals surface area contributed by atoms with Crippen LogP contribution in [0, 0.1) is 5.92 Å². The molecule has 1 aliphatic heterocycles. The maximum Gasteiger partial charge on any atom is 0.253 e. The van der Waals surface area contributed by atoms with Gasteiger partial charge in [-0.15, -0.1) is 0 Å². The zero-order valence-corrected chi connectivity index (χ0v) is 18.1. The molecule has 4 rings (SSSR count). The molecule has 1 aromatic carbocycles. The third-order valence-corrected chi connectivity index (χ3v) is 6.37. The van der Waals surface area contributed by atoms with E-state index in [1.165, 1.54) is 19.3 Å². The number of nitrogens with zero attached hydrogens (tertiary/aromatic N) is 3. The third kappa shape index (κ3) is 4.89. The summed E-state index contributed by atoms with van der Waals surface area (Å²) in [4.78, 5) is 27.5. The molecule has 2 aliphatic rings. The van der Waals surface area contributed by atoms with E-state index < -0.39 is 0 Å². The van der Waals surface area contributed by atoms with E-state index in [0.717, 1.165) is 35.8 Å². The first-order valence-corrected chi connectivity index (χ1v) is 11.3. The Morgan fingerprint density at radius 3 is 2.48 bits per heavy atom. The number of carbonyl (C=O) groups is 2. The molecule has 1 unspecified atom stereocenters. The largest absolute Gasteiger partial charge is 0.353 e. The Kier molecular flexibility index (Phi) is 6.33. The molecule has 2 aromatic rings. The van der Waals surface area contributed by atoms with Crippen molar-refractivity contribution in [3.63, 3.8) is 0 Å². The summed E-state index contributed by atoms with van der Waals surface area (Å²) >= 11 is 3.39. The molecule has 1 atom stereocenters. The summed E-state index contributed by atoms with van der Waals surface area (Å²) < 4.78 is 2.66. The molecule has 7 heteroatoms. The standard InChI is InChI=1S/C22H27BrN4O2/c23-18-13-24-27(15-18)20-10-8-16(9-11-20)22(29)26-12-4-5-17(14-26)21(28)25-19-6-2-1-3-7-19/h8-11,13,15,17,19H,1-7,12,14H2,(H,25,28). The van der Waals surface area contributed by atoms with Gasteiger partial charge in [0.1, 0.15) is 0 Å². The van der Waals surface area contributed by atoms with Crippen molar-refractivity contribution in [2.24, 2.45) is 5.92 Å². The quantitative estimate of drug-likeness (QED) is 0.754. The number of benzene rings is 1. The number of aromatic nitrogens is 2. The van der Waals surface area contributed by atoms with Crippen molar-refractivity contribution in [1.82, 2.24) is 20.0 Å². The first-order chi connectivity index (χ1) is 14.1. The molecule has 1 aromatic heterocycles. The van der Waals surface area contributed by atoms with Crippen molar-refractivity contribution in [2.45, 2.75) is 51.0 Å². The first kappa shape index (κ1) is 20.1. The molecule has 0 bridgehead atoms. The van der Waals surface area contributed by atoms with Gasteiger partial charge in [0.15, 0.2) is 0 Å². The Labute approximate surface area is 179 Å². The summed E-state index contributed by atoms with van der Waals surface area (Å²) in [5.41, 5.74) is 1.55. The maximum absolute atomic E-state index is 13.0. The van der Waals surface area contributed by atoms with Crippen molar-refractivity contribution in [1.29, 1.82) is 0 Å². The van der Waals surface area contributed by atoms with Gasteiger partial charge in [-0.05, 0) is 65.9 Å². The number of nitrogens with one attached hydrogen (secondary N) is 1. The van der Waals surface area contributed by atoms with Crippen LogP contribution in [0.1, 0.15) is 55.3 Å². The highest BCUT2D eigenvalue weighted by Crippen LogP contribution is 2.22. The van der Waals surface area contributed by atoms with Crippen LogP contribution in [0.4, 0.5) is 0 Å². The number of halogens is 1. The van der Waals surface area contributed by atoms with Gasteiger partial charge in [0.25, 0.3) is 5.91 Å². The Hall–Kier alpha value is -2.15. The molecule has 2 fully saturated rings. The van der Waals surface area contributed by atoms with E-state index in [-0.39, 0.29) is 17.7 Å². The monoisotopic (exact) mass is 458 g/mol. The number of carbonyl (C=O) groups excluding carboxylic acids is 2. The minimum atomic E-state index is -0.102. The van der Waals surface area contributed by atoms with E-state index in [1.807, 2.05) is 35.4 Å². The number of piperidine rings is 1. The number of hydrogen-bond donors (Lipinski definition) is 1. The van der Waals surface area contributed by atoms with E-state index in [2.05, 4.69) is 26.3 Å². The van der Waals surface area contributed by atoms with E-state index in [1.54, 1.807) is 10.9 Å². The summed E-state index contributed by atoms with van der Waals surface area (Å²) in [6, 6.07) is 7.77. The summed E-state index contributed by atoms with van der Waals surface area (Å²) in [6.45, 7) is 1.21. The fourth-order valence-electron chi connectivity index (χ4n) is 4.32. The molecule has 0 spiro atoms. The second-order valence-corrected chi connectivity index (χ2v) is 9.00. The summed E-state index contributed by atoms with van der Waals surface area (Å²) in [5.74, 6) is 0.0118. The molecule has 0 radical (unpaired) electrons. The van der Waals surface area contributed by atoms with Gasteiger partial charge in [-0.25, -0.2) is 4.68 Å². The predicted octanol–water partition coefficient (Wildman–Crippen LogP) is 3.94. The number of amides is 2. The lowest BCUT2D eigenvalue weighted by Gasteiger charge is -2.33. The van der Waals surface area contributed by atoms with Crippen LogP contribution in [-0.2, 0) is 4.79 Å². The normalized spacial score (nSPS) is 20.4. The van der Waals surface area contributed by atoms with Gasteiger partial charge in [-0.3, -0.25) is 9.59 Å². The Morgan fingerprint density at radius 2 is 1.79 bits per heavy atom. The van der Waals surface area contributed by atoms with Crippen molar-refractivity contribution < 1.29 is 9.59 Å². The average molecular weight is 459 g/mol. The summed E-state index contributed by atoms with van der Waals surface area (Å²) in [6.07, 6.45) is 11.2. The lowest BCUT2D eigenvalue weighted by Crippen LogP contribution is -2.47. The average Bonchev–Trinajstić information content (AvgIpc) is 3.20. The smallest absolute Gasteiger partial charge is 0.253 e. The van der Waals surface area contributed by atoms with Gasteiger partial charge in [-0.2, -0.15) is 5.10 Å². The van der Waals surface area contributed by atoms with Crippen LogP contribution < -0.4 is 5.32 Å². The molecule has 1 saturated heterocycles. The maximum atomic E-state index is 13.0. The summed E-state index contributed by atoms with van der Waals surface area (Å²) in [5, 5.41) is 7.48. The molecule has 1 aliphatic carbocycles. The van der Waals surface area contributed by atoms with Crippen LogP contribution in [0.2, 0.25) is 0 Å². The third-order valence-electron chi connectivity index (χ3n) is 5.96. The highest BCUT2D eigenvalue weighted by atomic mass is 79.9. The second kappa shape index (κ2) is 9.11. The first-order valence-electron chi connectivity index (χ1n) is 10.5. The van der Waals surface area contributed by atoms with Gasteiger partial charge in [0.2, 0.25) is 5.91 Å². The molecule has 29 heavy (non-hydrogen) atoms. The van der Waals surface area contributed by atoms with Crippen molar-refractivity contribution >= 4 is 27.7 Å². The highest BCUT2D eigenvalue weighted by Gasteiger charge is 2.30. The van der Waals surface area contributed by atoms with Crippen LogP contribution in [0.15, 0.2) is 41.1 Å². The zero-order chi connectivity index (χ0) is 20.2. The topological polar surface area (TPSA) is 67.2 Å². The van der Waals surface area contributed by atoms with Crippen molar-refractivity contribution in [3.8, 4) is 5.69 Å². The lowest BCUT2D eigenvalue weighted by molar-refractivity contribution is -0.127. The second-order valence-electron chi connectivity index (χ2n) is 8.08. The van der Waals surface area contributed by atoms with Crippen LogP contribution in [0.5, 0.6) is 0 Å². The van der Waals surface area contributed by atoms with Gasteiger partial charge in [-0.1, -0.05) is 19.3 Å². The van der Waals surface area contributed by atoms with E-state index in [9.17, 15) is 9.59 Å². The molecule has 1 saturated carbocycles. The van der Waals surface area contributed by atoms with E-state index in [4.69, 9.17) is 0 Å². The van der Waals surface area contributed by atoms with Crippen LogP contribution in [-0.4, -0.2) is 45.6 Å². The molecule has 2 amide bonds. The molecule has 154 valence electrons. The number of likely N-dealkylation sites (tertiary alicyclic amines) is 1. The predicted molar refractivity (Wildman–Crippen MR) is 115 cm³/mol. The fraction of sp³-hybridized carbons (Fsp3) is 0.500. The Bertz CT molecular complexity index is 858. The van der Waals surface area contributed by atoms with Crippen LogP contribution in [0.25, 0.3) is 5.69 Å². The minimum absolute atomic E-state index is 0.00615. The highest BCUT2D eigenvalue weighted by molar-refractivity contribution is 9.10. The van der Waals surface area contributed by atoms with Crippen molar-refractivity contribution in [2.75, 3.05) is 13.1 Å². The Balaban J connectivity index is 1.37. The SMILES string of the molecule is O=C(NC1CCCCC1)C1CCCN(C(=O)c2ccc(-n3cc(Br)cn3)cc2)C1. The molecule has 2 heterocycles. The zero-order valence-electron chi connectivity index (χ0n) is 16.5. The van der Waals surface area contributed by atoms with Crippen LogP contribution in [0.3, 0.4) is 0 Å². The molecular weight excluding hydrogens is 432 g/mol. The molecule has 1 N–H and O–H groups in total. The van der Waals surface area contributed by atoms with Gasteiger partial charge < -0.3 is 10.2 Å². The van der Waals surface area contributed by atoms with E-state index in [0.29, 0.717) is 24.7 Å². The van der Waals surface area contributed by atoms with E-state index >= 15 is 0 Å². The van der Waals surface area contributed by atoms with Gasteiger partial charge in [0, 0.05) is 30.9 Å². The molecule has 6 nitrogen and oxygen atoms in total. The molecular formula is C22H27BrN4O2. The minimum Gasteiger partial charge on any atom is -0.353 e. The number of hydrogen-bond acceptors (Lipinski definition) is 3. The Morgan fingerprint density at radius 1 is 1.03 bits per heavy atom. The van der Waals surface area contributed by atoms with Crippen molar-refractivity contribution in [3.05, 3.63) is 46.7 Å². The van der Waals surface area contributed by atoms with Gasteiger partial charge >= 0.3 is 0 Å². The van der Waals surface area contributed by atoms with Gasteiger partial charge in [0.05, 0.1) is 22.3 Å². The lowest BCUT2D eigenvalue weighted by atomic mass is 9.92. The number of rotatable bonds is 4.